The lowest BCUT2D eigenvalue weighted by atomic mass is 11.0. The fraction of sp³-hybridized carbons (Fsp3) is 0.667. The van der Waals surface area contributed by atoms with E-state index in [0.29, 0.717) is 0 Å². The smallest absolute Gasteiger partial charge is 0.304 e. The first-order valence-corrected chi connectivity index (χ1v) is 1.47. The molecule has 0 amide bonds. The molecule has 0 saturated heterocycles. The van der Waals surface area contributed by atoms with Crippen molar-refractivity contribution in [1.29, 1.82) is 0 Å². The Labute approximate surface area is 39.1 Å². The summed E-state index contributed by atoms with van der Waals surface area (Å²) in [6.07, 6.45) is 0.750. The molecule has 0 aromatic carbocycles. The van der Waals surface area contributed by atoms with Crippen LogP contribution in [0.5, 0.6) is 0 Å². The molecule has 4 heteroatoms. The summed E-state index contributed by atoms with van der Waals surface area (Å²) < 4.78 is 29.0. The van der Waals surface area contributed by atoms with Gasteiger partial charge < -0.3 is 4.79 Å². The Morgan fingerprint density at radius 3 is 1.43 bits per heavy atom. The molecule has 0 aliphatic rings. The summed E-state index contributed by atoms with van der Waals surface area (Å²) in [4.78, 5) is 8.81. The van der Waals surface area contributed by atoms with Gasteiger partial charge in [-0.15, -0.1) is 0 Å². The van der Waals surface area contributed by atoms with Crippen LogP contribution >= 0.6 is 0 Å². The molecule has 0 bridgehead atoms. The van der Waals surface area contributed by atoms with Gasteiger partial charge in [0.25, 0.3) is 0 Å². The molecule has 0 atom stereocenters. The summed E-state index contributed by atoms with van der Waals surface area (Å²) in [5, 5.41) is 0. The van der Waals surface area contributed by atoms with Gasteiger partial charge in [0.15, 0.2) is 0 Å². The van der Waals surface area contributed by atoms with Crippen LogP contribution in [0.3, 0.4) is 0 Å². The first-order chi connectivity index (χ1) is 3.15. The highest BCUT2D eigenvalue weighted by Crippen LogP contribution is 1.87. The van der Waals surface area contributed by atoms with E-state index in [1.165, 1.54) is 6.92 Å². The van der Waals surface area contributed by atoms with Crippen molar-refractivity contribution >= 4 is 6.29 Å². The van der Waals surface area contributed by atoms with Gasteiger partial charge in [-0.2, -0.15) is 13.2 Å². The van der Waals surface area contributed by atoms with Gasteiger partial charge in [-0.25, -0.2) is 0 Å². The lowest BCUT2D eigenvalue weighted by molar-refractivity contribution is -0.106. The minimum atomic E-state index is -3.67. The first-order valence-electron chi connectivity index (χ1n) is 1.47. The van der Waals surface area contributed by atoms with Gasteiger partial charge in [-0.1, -0.05) is 0 Å². The van der Waals surface area contributed by atoms with Gasteiger partial charge in [0.1, 0.15) is 6.29 Å². The van der Waals surface area contributed by atoms with E-state index >= 15 is 0 Å². The Morgan fingerprint density at radius 1 is 1.43 bits per heavy atom. The van der Waals surface area contributed by atoms with Crippen molar-refractivity contribution < 1.29 is 18.0 Å². The molecule has 7 heavy (non-hydrogen) atoms. The lowest BCUT2D eigenvalue weighted by Gasteiger charge is -1.65. The topological polar surface area (TPSA) is 17.1 Å². The third-order valence-corrected chi connectivity index (χ3v) is 0. The molecule has 0 N–H and O–H groups in total. The Bertz CT molecular complexity index is 34.4. The van der Waals surface area contributed by atoms with Gasteiger partial charge in [0, 0.05) is 0 Å². The standard InChI is InChI=1S/C2H4O.CHF3/c1-2-3;2-1(3)4/h2H,1H3;1H. The summed E-state index contributed by atoms with van der Waals surface area (Å²) in [7, 11) is 0. The predicted octanol–water partition coefficient (Wildman–Crippen LogP) is 1.38. The van der Waals surface area contributed by atoms with E-state index in [2.05, 4.69) is 0 Å². The predicted molar refractivity (Wildman–Crippen MR) is 18.8 cm³/mol. The van der Waals surface area contributed by atoms with Crippen molar-refractivity contribution in [2.45, 2.75) is 13.6 Å². The van der Waals surface area contributed by atoms with Crippen LogP contribution < -0.4 is 0 Å². The Hall–Kier alpha value is -0.540. The second-order valence-electron chi connectivity index (χ2n) is 0.483. The highest BCUT2D eigenvalue weighted by atomic mass is 19.4. The van der Waals surface area contributed by atoms with Gasteiger partial charge in [0.05, 0.1) is 0 Å². The molecule has 0 radical (unpaired) electrons. The molecular formula is C3H5F3O. The zero-order valence-corrected chi connectivity index (χ0v) is 3.70. The maximum absolute atomic E-state index is 9.67. The average Bonchev–Trinajstić information content (AvgIpc) is 1.33. The fourth-order valence-electron chi connectivity index (χ4n) is 0. The van der Waals surface area contributed by atoms with Crippen molar-refractivity contribution in [2.24, 2.45) is 0 Å². The highest BCUT2D eigenvalue weighted by molar-refractivity contribution is 5.44. The summed E-state index contributed by atoms with van der Waals surface area (Å²) in [5.41, 5.74) is 0. The minimum Gasteiger partial charge on any atom is -0.304 e. The number of carbonyl (C=O) groups is 1. The molecule has 0 aromatic rings. The van der Waals surface area contributed by atoms with Crippen LogP contribution in [0.1, 0.15) is 6.92 Å². The molecule has 0 saturated carbocycles. The highest BCUT2D eigenvalue weighted by Gasteiger charge is 1.86. The van der Waals surface area contributed by atoms with Gasteiger partial charge in [-0.3, -0.25) is 0 Å². The number of rotatable bonds is 0. The SMILES string of the molecule is CC=O.FC(F)F. The van der Waals surface area contributed by atoms with E-state index in [1.807, 2.05) is 0 Å². The molecule has 1 nitrogen and oxygen atoms in total. The van der Waals surface area contributed by atoms with Crippen LogP contribution in [-0.2, 0) is 4.79 Å². The number of aldehydes is 1. The Morgan fingerprint density at radius 2 is 1.43 bits per heavy atom. The Kier molecular flexibility index (Phi) is 12.5. The number of hydrogen-bond donors (Lipinski definition) is 0. The van der Waals surface area contributed by atoms with Crippen molar-refractivity contribution in [3.63, 3.8) is 0 Å². The van der Waals surface area contributed by atoms with E-state index in [0.717, 1.165) is 6.29 Å². The Balaban J connectivity index is 0. The van der Waals surface area contributed by atoms with Crippen LogP contribution in [0.25, 0.3) is 0 Å². The summed E-state index contributed by atoms with van der Waals surface area (Å²) in [6, 6.07) is 0. The van der Waals surface area contributed by atoms with E-state index in [4.69, 9.17) is 4.79 Å². The van der Waals surface area contributed by atoms with Gasteiger partial charge in [-0.05, 0) is 6.92 Å². The molecule has 0 aromatic heterocycles. The van der Waals surface area contributed by atoms with Crippen LogP contribution in [-0.4, -0.2) is 13.0 Å². The van der Waals surface area contributed by atoms with Crippen LogP contribution in [0, 0.1) is 0 Å². The maximum Gasteiger partial charge on any atom is 0.379 e. The molecular weight excluding hydrogens is 109 g/mol. The molecule has 44 valence electrons. The van der Waals surface area contributed by atoms with Crippen molar-refractivity contribution in [1.82, 2.24) is 0 Å². The molecule has 0 aliphatic heterocycles. The number of alkyl halides is 3. The quantitative estimate of drug-likeness (QED) is 0.435. The zero-order valence-electron chi connectivity index (χ0n) is 3.70. The summed E-state index contributed by atoms with van der Waals surface area (Å²) in [5.74, 6) is 0. The van der Waals surface area contributed by atoms with Crippen LogP contribution in [0.2, 0.25) is 0 Å². The largest absolute Gasteiger partial charge is 0.379 e. The fourth-order valence-corrected chi connectivity index (χ4v) is 0. The monoisotopic (exact) mass is 114 g/mol. The normalized spacial score (nSPS) is 7.00. The maximum atomic E-state index is 9.67. The molecule has 0 heterocycles. The van der Waals surface area contributed by atoms with E-state index in [1.54, 1.807) is 0 Å². The second kappa shape index (κ2) is 9.07. The van der Waals surface area contributed by atoms with E-state index < -0.39 is 6.68 Å². The number of hydrogen-bond acceptors (Lipinski definition) is 1. The third kappa shape index (κ3) is 224. The molecule has 0 aliphatic carbocycles. The number of carbonyl (C=O) groups excluding carboxylic acids is 1. The second-order valence-corrected chi connectivity index (χ2v) is 0.483. The molecule has 0 spiro atoms. The van der Waals surface area contributed by atoms with Crippen molar-refractivity contribution in [2.75, 3.05) is 0 Å². The zero-order chi connectivity index (χ0) is 6.28. The summed E-state index contributed by atoms with van der Waals surface area (Å²) in [6.45, 7) is -2.22. The van der Waals surface area contributed by atoms with E-state index in [9.17, 15) is 13.2 Å². The molecule has 0 rings (SSSR count). The number of halogens is 3. The van der Waals surface area contributed by atoms with Gasteiger partial charge >= 0.3 is 6.68 Å². The van der Waals surface area contributed by atoms with Crippen LogP contribution in [0.4, 0.5) is 13.2 Å². The van der Waals surface area contributed by atoms with Crippen LogP contribution in [0.15, 0.2) is 0 Å². The van der Waals surface area contributed by atoms with Crippen molar-refractivity contribution in [3.8, 4) is 0 Å². The van der Waals surface area contributed by atoms with Gasteiger partial charge in [0.2, 0.25) is 0 Å². The lowest BCUT2D eigenvalue weighted by Crippen LogP contribution is -1.65. The summed E-state index contributed by atoms with van der Waals surface area (Å²) >= 11 is 0. The first kappa shape index (κ1) is 9.68. The third-order valence-electron chi connectivity index (χ3n) is 0. The molecule has 0 fully saturated rings. The average molecular weight is 114 g/mol. The molecule has 0 unspecified atom stereocenters. The van der Waals surface area contributed by atoms with Crippen molar-refractivity contribution in [3.05, 3.63) is 0 Å². The minimum absolute atomic E-state index is 0.750. The van der Waals surface area contributed by atoms with E-state index in [-0.39, 0.29) is 0 Å².